The van der Waals surface area contributed by atoms with Gasteiger partial charge in [0.15, 0.2) is 0 Å². The number of nitrogens with one attached hydrogen (secondary N) is 2. The molecule has 3 rings (SSSR count). The molecule has 2 aromatic carbocycles. The van der Waals surface area contributed by atoms with Crippen LogP contribution in [0.25, 0.3) is 22.2 Å². The van der Waals surface area contributed by atoms with E-state index < -0.39 is 0 Å². The molecular weight excluding hydrogens is 371 g/mol. The third-order valence-electron chi connectivity index (χ3n) is 4.01. The summed E-state index contributed by atoms with van der Waals surface area (Å²) in [4.78, 5) is 2.16. The summed E-state index contributed by atoms with van der Waals surface area (Å²) in [5, 5.41) is 11.3. The molecule has 2 N–H and O–H groups in total. The van der Waals surface area contributed by atoms with Crippen LogP contribution in [0.3, 0.4) is 0 Å². The number of halogens is 2. The Morgan fingerprint density at radius 2 is 2.08 bits per heavy atom. The molecule has 0 unspecified atom stereocenters. The van der Waals surface area contributed by atoms with E-state index >= 15 is 0 Å². The molecular formula is C18H20BrFN4. The number of hydrogen-bond acceptors (Lipinski definition) is 3. The third-order valence-corrected chi connectivity index (χ3v) is 4.50. The maximum atomic E-state index is 14.6. The van der Waals surface area contributed by atoms with Gasteiger partial charge in [0.05, 0.1) is 5.52 Å². The lowest BCUT2D eigenvalue weighted by atomic mass is 10.0. The number of fused-ring (bicyclic) bond motifs is 1. The summed E-state index contributed by atoms with van der Waals surface area (Å²) in [5.74, 6) is -0.245. The Labute approximate surface area is 149 Å². The van der Waals surface area contributed by atoms with E-state index in [1.54, 1.807) is 6.07 Å². The highest BCUT2D eigenvalue weighted by molar-refractivity contribution is 9.10. The maximum Gasteiger partial charge on any atom is 0.133 e. The highest BCUT2D eigenvalue weighted by Crippen LogP contribution is 2.30. The van der Waals surface area contributed by atoms with Crippen molar-refractivity contribution in [2.24, 2.45) is 0 Å². The van der Waals surface area contributed by atoms with Gasteiger partial charge in [0.1, 0.15) is 11.5 Å². The number of nitrogens with zero attached hydrogens (tertiary/aromatic N) is 2. The highest BCUT2D eigenvalue weighted by Gasteiger charge is 2.13. The van der Waals surface area contributed by atoms with Gasteiger partial charge in [-0.05, 0) is 50.0 Å². The summed E-state index contributed by atoms with van der Waals surface area (Å²) < 4.78 is 15.6. The summed E-state index contributed by atoms with van der Waals surface area (Å²) >= 11 is 3.43. The van der Waals surface area contributed by atoms with Crippen LogP contribution in [0.1, 0.15) is 5.56 Å². The van der Waals surface area contributed by atoms with Crippen molar-refractivity contribution in [2.75, 3.05) is 27.2 Å². The zero-order chi connectivity index (χ0) is 17.1. The van der Waals surface area contributed by atoms with Crippen molar-refractivity contribution in [2.45, 2.75) is 6.54 Å². The first-order valence-corrected chi connectivity index (χ1v) is 8.63. The second-order valence-corrected chi connectivity index (χ2v) is 6.83. The van der Waals surface area contributed by atoms with E-state index in [0.29, 0.717) is 17.8 Å². The fourth-order valence-electron chi connectivity index (χ4n) is 2.74. The van der Waals surface area contributed by atoms with Crippen LogP contribution in [-0.2, 0) is 6.54 Å². The van der Waals surface area contributed by atoms with Gasteiger partial charge >= 0.3 is 0 Å². The van der Waals surface area contributed by atoms with Crippen LogP contribution in [0.15, 0.2) is 40.9 Å². The summed E-state index contributed by atoms with van der Waals surface area (Å²) in [6.45, 7) is 2.54. The molecule has 0 aliphatic heterocycles. The predicted octanol–water partition coefficient (Wildman–Crippen LogP) is 3.78. The second-order valence-electron chi connectivity index (χ2n) is 5.92. The van der Waals surface area contributed by atoms with Crippen LogP contribution >= 0.6 is 15.9 Å². The van der Waals surface area contributed by atoms with Gasteiger partial charge in [0.25, 0.3) is 0 Å². The van der Waals surface area contributed by atoms with Gasteiger partial charge in [-0.1, -0.05) is 22.0 Å². The van der Waals surface area contributed by atoms with Gasteiger partial charge in [-0.25, -0.2) is 4.39 Å². The van der Waals surface area contributed by atoms with Crippen LogP contribution < -0.4 is 5.32 Å². The molecule has 0 fully saturated rings. The van der Waals surface area contributed by atoms with Gasteiger partial charge in [0.2, 0.25) is 0 Å². The Morgan fingerprint density at radius 1 is 1.25 bits per heavy atom. The van der Waals surface area contributed by atoms with Gasteiger partial charge in [-0.3, -0.25) is 5.10 Å². The molecule has 24 heavy (non-hydrogen) atoms. The van der Waals surface area contributed by atoms with Crippen molar-refractivity contribution in [3.8, 4) is 11.3 Å². The van der Waals surface area contributed by atoms with Crippen molar-refractivity contribution in [1.29, 1.82) is 0 Å². The topological polar surface area (TPSA) is 44.0 Å². The summed E-state index contributed by atoms with van der Waals surface area (Å²) in [7, 11) is 3.96. The molecule has 6 heteroatoms. The van der Waals surface area contributed by atoms with Crippen LogP contribution in [0.4, 0.5) is 4.39 Å². The number of rotatable bonds is 6. The molecule has 0 atom stereocenters. The molecule has 1 heterocycles. The van der Waals surface area contributed by atoms with Gasteiger partial charge < -0.3 is 10.2 Å². The standard InChI is InChI=1S/C18H20BrFN4/c1-21-7-8-24(2)11-12-3-5-14(16(20)9-12)18-15-6-4-13(19)10-17(15)22-23-18/h3-6,9-10,21H,7-8,11H2,1-2H3,(H,22,23). The van der Waals surface area contributed by atoms with E-state index in [1.807, 2.05) is 44.4 Å². The van der Waals surface area contributed by atoms with Crippen molar-refractivity contribution in [3.05, 3.63) is 52.3 Å². The fraction of sp³-hybridized carbons (Fsp3) is 0.278. The van der Waals surface area contributed by atoms with Gasteiger partial charge in [-0.2, -0.15) is 5.10 Å². The number of H-pyrrole nitrogens is 1. The molecule has 0 aliphatic rings. The first kappa shape index (κ1) is 17.1. The van der Waals surface area contributed by atoms with E-state index in [-0.39, 0.29) is 5.82 Å². The molecule has 1 aromatic heterocycles. The van der Waals surface area contributed by atoms with E-state index in [1.165, 1.54) is 0 Å². The van der Waals surface area contributed by atoms with Crippen molar-refractivity contribution in [3.63, 3.8) is 0 Å². The molecule has 0 spiro atoms. The van der Waals surface area contributed by atoms with Crippen LogP contribution in [-0.4, -0.2) is 42.3 Å². The summed E-state index contributed by atoms with van der Waals surface area (Å²) in [6.07, 6.45) is 0. The Hall–Kier alpha value is -1.76. The third kappa shape index (κ3) is 3.66. The number of benzene rings is 2. The van der Waals surface area contributed by atoms with E-state index in [9.17, 15) is 4.39 Å². The number of aromatic nitrogens is 2. The molecule has 0 amide bonds. The average molecular weight is 391 g/mol. The molecule has 0 radical (unpaired) electrons. The highest BCUT2D eigenvalue weighted by atomic mass is 79.9. The lowest BCUT2D eigenvalue weighted by Gasteiger charge is -2.16. The number of hydrogen-bond donors (Lipinski definition) is 2. The SMILES string of the molecule is CNCCN(C)Cc1ccc(-c2n[nH]c3cc(Br)ccc23)c(F)c1. The summed E-state index contributed by atoms with van der Waals surface area (Å²) in [5.41, 5.74) is 3.00. The van der Waals surface area contributed by atoms with E-state index in [0.717, 1.165) is 34.0 Å². The second kappa shape index (κ2) is 7.42. The largest absolute Gasteiger partial charge is 0.318 e. The van der Waals surface area contributed by atoms with Crippen molar-refractivity contribution in [1.82, 2.24) is 20.4 Å². The Kier molecular flexibility index (Phi) is 5.28. The quantitative estimate of drug-likeness (QED) is 0.672. The zero-order valence-corrected chi connectivity index (χ0v) is 15.3. The monoisotopic (exact) mass is 390 g/mol. The smallest absolute Gasteiger partial charge is 0.133 e. The van der Waals surface area contributed by atoms with Crippen molar-refractivity contribution < 1.29 is 4.39 Å². The first-order chi connectivity index (χ1) is 11.6. The number of aromatic amines is 1. The molecule has 0 saturated heterocycles. The molecule has 4 nitrogen and oxygen atoms in total. The minimum Gasteiger partial charge on any atom is -0.318 e. The van der Waals surface area contributed by atoms with Crippen LogP contribution in [0.2, 0.25) is 0 Å². The Morgan fingerprint density at radius 3 is 2.83 bits per heavy atom. The van der Waals surface area contributed by atoms with E-state index in [2.05, 4.69) is 36.3 Å². The van der Waals surface area contributed by atoms with Crippen molar-refractivity contribution >= 4 is 26.8 Å². The Bertz CT molecular complexity index is 846. The van der Waals surface area contributed by atoms with Crippen LogP contribution in [0, 0.1) is 5.82 Å². The molecule has 3 aromatic rings. The minimum absolute atomic E-state index is 0.245. The molecule has 0 aliphatic carbocycles. The summed E-state index contributed by atoms with van der Waals surface area (Å²) in [6, 6.07) is 11.2. The predicted molar refractivity (Wildman–Crippen MR) is 99.4 cm³/mol. The molecule has 0 saturated carbocycles. The fourth-order valence-corrected chi connectivity index (χ4v) is 3.10. The number of likely N-dealkylation sites (N-methyl/N-ethyl adjacent to an activating group) is 2. The molecule has 126 valence electrons. The average Bonchev–Trinajstić information content (AvgIpc) is 2.96. The lowest BCUT2D eigenvalue weighted by molar-refractivity contribution is 0.327. The molecule has 0 bridgehead atoms. The van der Waals surface area contributed by atoms with Gasteiger partial charge in [0, 0.05) is 35.1 Å². The van der Waals surface area contributed by atoms with Gasteiger partial charge in [-0.15, -0.1) is 0 Å². The minimum atomic E-state index is -0.245. The van der Waals surface area contributed by atoms with E-state index in [4.69, 9.17) is 0 Å². The maximum absolute atomic E-state index is 14.6. The lowest BCUT2D eigenvalue weighted by Crippen LogP contribution is -2.26. The normalized spacial score (nSPS) is 11.5. The Balaban J connectivity index is 1.86. The zero-order valence-electron chi connectivity index (χ0n) is 13.7. The first-order valence-electron chi connectivity index (χ1n) is 7.84. The van der Waals surface area contributed by atoms with Crippen LogP contribution in [0.5, 0.6) is 0 Å².